The summed E-state index contributed by atoms with van der Waals surface area (Å²) >= 11 is 1.50. The molecular formula is C10H11FN4S. The number of hydrogen-bond donors (Lipinski definition) is 1. The molecule has 0 spiro atoms. The van der Waals surface area contributed by atoms with Gasteiger partial charge < -0.3 is 5.73 Å². The van der Waals surface area contributed by atoms with Gasteiger partial charge in [-0.05, 0) is 18.2 Å². The highest BCUT2D eigenvalue weighted by Crippen LogP contribution is 2.24. The van der Waals surface area contributed by atoms with E-state index in [1.165, 1.54) is 17.8 Å². The third-order valence-electron chi connectivity index (χ3n) is 2.01. The smallest absolute Gasteiger partial charge is 0.147 e. The molecule has 2 aromatic rings. The van der Waals surface area contributed by atoms with Crippen LogP contribution in [0.4, 0.5) is 10.1 Å². The standard InChI is InChI=1S/C10H11FN4S/c1-15-5-7(13-14-15)6-16-8-2-3-10(12)9(11)4-8/h2-5H,6,12H2,1H3. The maximum Gasteiger partial charge on any atom is 0.147 e. The molecule has 0 fully saturated rings. The average molecular weight is 238 g/mol. The van der Waals surface area contributed by atoms with Crippen molar-refractivity contribution in [3.8, 4) is 0 Å². The highest BCUT2D eigenvalue weighted by Gasteiger charge is 2.03. The van der Waals surface area contributed by atoms with Gasteiger partial charge in [-0.2, -0.15) is 0 Å². The summed E-state index contributed by atoms with van der Waals surface area (Å²) < 4.78 is 14.8. The molecule has 0 radical (unpaired) electrons. The Balaban J connectivity index is 2.02. The Hall–Kier alpha value is -1.56. The lowest BCUT2D eigenvalue weighted by Gasteiger charge is -2.01. The first kappa shape index (κ1) is 10.9. The first-order valence-electron chi connectivity index (χ1n) is 4.68. The maximum atomic E-state index is 13.1. The molecule has 0 bridgehead atoms. The van der Waals surface area contributed by atoms with E-state index in [0.717, 1.165) is 10.6 Å². The Morgan fingerprint density at radius 2 is 2.31 bits per heavy atom. The van der Waals surface area contributed by atoms with Crippen LogP contribution in [0.1, 0.15) is 5.69 Å². The second-order valence-electron chi connectivity index (χ2n) is 3.36. The van der Waals surface area contributed by atoms with Crippen LogP contribution in [0.3, 0.4) is 0 Å². The van der Waals surface area contributed by atoms with Crippen molar-refractivity contribution in [1.29, 1.82) is 0 Å². The minimum Gasteiger partial charge on any atom is -0.396 e. The van der Waals surface area contributed by atoms with Crippen molar-refractivity contribution in [1.82, 2.24) is 15.0 Å². The van der Waals surface area contributed by atoms with Gasteiger partial charge in [0.05, 0.1) is 11.4 Å². The van der Waals surface area contributed by atoms with E-state index in [1.807, 2.05) is 13.2 Å². The fourth-order valence-electron chi connectivity index (χ4n) is 1.22. The lowest BCUT2D eigenvalue weighted by atomic mass is 10.3. The van der Waals surface area contributed by atoms with Crippen molar-refractivity contribution in [3.05, 3.63) is 35.9 Å². The Morgan fingerprint density at radius 1 is 1.50 bits per heavy atom. The minimum absolute atomic E-state index is 0.170. The molecule has 1 heterocycles. The van der Waals surface area contributed by atoms with Gasteiger partial charge in [-0.1, -0.05) is 5.21 Å². The second-order valence-corrected chi connectivity index (χ2v) is 4.40. The summed E-state index contributed by atoms with van der Waals surface area (Å²) in [4.78, 5) is 0.831. The first-order chi connectivity index (χ1) is 7.65. The van der Waals surface area contributed by atoms with Crippen molar-refractivity contribution in [3.63, 3.8) is 0 Å². The number of hydrogen-bond acceptors (Lipinski definition) is 4. The topological polar surface area (TPSA) is 56.7 Å². The van der Waals surface area contributed by atoms with E-state index < -0.39 is 0 Å². The molecular weight excluding hydrogens is 227 g/mol. The van der Waals surface area contributed by atoms with E-state index in [0.29, 0.717) is 5.75 Å². The summed E-state index contributed by atoms with van der Waals surface area (Å²) in [7, 11) is 1.81. The third-order valence-corrected chi connectivity index (χ3v) is 3.04. The Labute approximate surface area is 96.6 Å². The van der Waals surface area contributed by atoms with Gasteiger partial charge in [0.1, 0.15) is 5.82 Å². The van der Waals surface area contributed by atoms with Gasteiger partial charge >= 0.3 is 0 Å². The SMILES string of the molecule is Cn1cc(CSc2ccc(N)c(F)c2)nn1. The van der Waals surface area contributed by atoms with Crippen molar-refractivity contribution in [2.45, 2.75) is 10.6 Å². The molecule has 0 aliphatic heterocycles. The molecule has 4 nitrogen and oxygen atoms in total. The molecule has 1 aromatic heterocycles. The summed E-state index contributed by atoms with van der Waals surface area (Å²) in [5.74, 6) is 0.279. The molecule has 84 valence electrons. The summed E-state index contributed by atoms with van der Waals surface area (Å²) in [6.07, 6.45) is 1.83. The molecule has 0 unspecified atom stereocenters. The summed E-state index contributed by atoms with van der Waals surface area (Å²) in [5, 5.41) is 7.76. The fourth-order valence-corrected chi connectivity index (χ4v) is 2.01. The second kappa shape index (κ2) is 4.52. The minimum atomic E-state index is -0.385. The number of benzene rings is 1. The Morgan fingerprint density at radius 3 is 2.94 bits per heavy atom. The van der Waals surface area contributed by atoms with Gasteiger partial charge in [0.25, 0.3) is 0 Å². The lowest BCUT2D eigenvalue weighted by molar-refractivity contribution is 0.629. The van der Waals surface area contributed by atoms with Crippen LogP contribution in [-0.4, -0.2) is 15.0 Å². The van der Waals surface area contributed by atoms with Crippen molar-refractivity contribution in [2.75, 3.05) is 5.73 Å². The number of anilines is 1. The van der Waals surface area contributed by atoms with Gasteiger partial charge in [-0.25, -0.2) is 4.39 Å². The number of halogens is 1. The molecule has 2 rings (SSSR count). The number of nitrogen functional groups attached to an aromatic ring is 1. The monoisotopic (exact) mass is 238 g/mol. The third kappa shape index (κ3) is 2.52. The molecule has 1 aromatic carbocycles. The lowest BCUT2D eigenvalue weighted by Crippen LogP contribution is -1.90. The van der Waals surface area contributed by atoms with Crippen molar-refractivity contribution < 1.29 is 4.39 Å². The molecule has 0 aliphatic carbocycles. The van der Waals surface area contributed by atoms with E-state index >= 15 is 0 Å². The van der Waals surface area contributed by atoms with Gasteiger partial charge in [0.15, 0.2) is 0 Å². The highest BCUT2D eigenvalue weighted by atomic mass is 32.2. The molecule has 0 atom stereocenters. The summed E-state index contributed by atoms with van der Waals surface area (Å²) in [5.41, 5.74) is 6.43. The van der Waals surface area contributed by atoms with Crippen molar-refractivity contribution in [2.24, 2.45) is 7.05 Å². The van der Waals surface area contributed by atoms with Gasteiger partial charge in [-0.15, -0.1) is 16.9 Å². The number of nitrogens with two attached hydrogens (primary N) is 1. The largest absolute Gasteiger partial charge is 0.396 e. The number of thioether (sulfide) groups is 1. The molecule has 0 amide bonds. The van der Waals surface area contributed by atoms with E-state index in [1.54, 1.807) is 16.8 Å². The van der Waals surface area contributed by atoms with E-state index in [4.69, 9.17) is 5.73 Å². The van der Waals surface area contributed by atoms with Gasteiger partial charge in [0, 0.05) is 23.9 Å². The van der Waals surface area contributed by atoms with Crippen LogP contribution in [0.25, 0.3) is 0 Å². The molecule has 16 heavy (non-hydrogen) atoms. The maximum absolute atomic E-state index is 13.1. The van der Waals surface area contributed by atoms with Crippen LogP contribution in [0.15, 0.2) is 29.3 Å². The first-order valence-corrected chi connectivity index (χ1v) is 5.67. The highest BCUT2D eigenvalue weighted by molar-refractivity contribution is 7.98. The molecule has 2 N–H and O–H groups in total. The van der Waals surface area contributed by atoms with E-state index in [2.05, 4.69) is 10.3 Å². The number of aromatic nitrogens is 3. The van der Waals surface area contributed by atoms with Crippen molar-refractivity contribution >= 4 is 17.4 Å². The Kier molecular flexibility index (Phi) is 3.09. The van der Waals surface area contributed by atoms with Gasteiger partial charge in [-0.3, -0.25) is 4.68 Å². The quantitative estimate of drug-likeness (QED) is 0.654. The fraction of sp³-hybridized carbons (Fsp3) is 0.200. The van der Waals surface area contributed by atoms with E-state index in [9.17, 15) is 4.39 Å². The zero-order valence-corrected chi connectivity index (χ0v) is 9.54. The number of rotatable bonds is 3. The predicted octanol–water partition coefficient (Wildman–Crippen LogP) is 1.83. The summed E-state index contributed by atoms with van der Waals surface area (Å²) in [6.45, 7) is 0. The zero-order chi connectivity index (χ0) is 11.5. The van der Waals surface area contributed by atoms with Gasteiger partial charge in [0.2, 0.25) is 0 Å². The average Bonchev–Trinajstić information content (AvgIpc) is 2.66. The molecule has 0 aliphatic rings. The van der Waals surface area contributed by atoms with Crippen LogP contribution in [0, 0.1) is 5.82 Å². The molecule has 0 saturated carbocycles. The van der Waals surface area contributed by atoms with Crippen LogP contribution < -0.4 is 5.73 Å². The zero-order valence-electron chi connectivity index (χ0n) is 8.72. The van der Waals surface area contributed by atoms with E-state index in [-0.39, 0.29) is 11.5 Å². The van der Waals surface area contributed by atoms with Crippen LogP contribution in [0.5, 0.6) is 0 Å². The molecule has 6 heteroatoms. The number of nitrogens with zero attached hydrogens (tertiary/aromatic N) is 3. The van der Waals surface area contributed by atoms with Crippen LogP contribution in [0.2, 0.25) is 0 Å². The number of aryl methyl sites for hydroxylation is 1. The van der Waals surface area contributed by atoms with Crippen LogP contribution in [-0.2, 0) is 12.8 Å². The normalized spacial score (nSPS) is 10.6. The summed E-state index contributed by atoms with van der Waals surface area (Å²) in [6, 6.07) is 4.78. The van der Waals surface area contributed by atoms with Crippen LogP contribution >= 0.6 is 11.8 Å². The predicted molar refractivity (Wildman–Crippen MR) is 61.4 cm³/mol. The Bertz CT molecular complexity index is 497. The molecule has 0 saturated heterocycles.